The van der Waals surface area contributed by atoms with Crippen molar-refractivity contribution < 1.29 is 13.2 Å². The van der Waals surface area contributed by atoms with E-state index in [2.05, 4.69) is 10.6 Å². The fraction of sp³-hybridized carbons (Fsp3) is 0.316. The fourth-order valence-electron chi connectivity index (χ4n) is 2.95. The van der Waals surface area contributed by atoms with Crippen molar-refractivity contribution >= 4 is 33.3 Å². The van der Waals surface area contributed by atoms with Crippen LogP contribution in [0, 0.1) is 13.8 Å². The summed E-state index contributed by atoms with van der Waals surface area (Å²) in [7, 11) is -3.55. The van der Waals surface area contributed by atoms with Gasteiger partial charge in [0.05, 0.1) is 4.90 Å². The molecule has 1 fully saturated rings. The molecule has 2 N–H and O–H groups in total. The number of hydrogen-bond acceptors (Lipinski definition) is 3. The smallest absolute Gasteiger partial charge is 0.319 e. The monoisotopic (exact) mass is 407 g/mol. The van der Waals surface area contributed by atoms with Gasteiger partial charge in [-0.15, -0.1) is 0 Å². The van der Waals surface area contributed by atoms with Crippen LogP contribution >= 0.6 is 11.6 Å². The maximum atomic E-state index is 12.7. The van der Waals surface area contributed by atoms with E-state index < -0.39 is 10.0 Å². The Hall–Kier alpha value is -2.09. The number of sulfonamides is 1. The maximum Gasteiger partial charge on any atom is 0.319 e. The van der Waals surface area contributed by atoms with Crippen molar-refractivity contribution in [1.82, 2.24) is 9.62 Å². The molecule has 1 atom stereocenters. The lowest BCUT2D eigenvalue weighted by atomic mass is 10.2. The molecule has 0 aliphatic carbocycles. The molecule has 1 aliphatic heterocycles. The van der Waals surface area contributed by atoms with Crippen LogP contribution < -0.4 is 10.6 Å². The van der Waals surface area contributed by atoms with Crippen LogP contribution in [0.25, 0.3) is 0 Å². The molecule has 3 rings (SSSR count). The predicted molar refractivity (Wildman–Crippen MR) is 107 cm³/mol. The van der Waals surface area contributed by atoms with Crippen LogP contribution in [0.2, 0.25) is 5.02 Å². The minimum Gasteiger partial charge on any atom is -0.334 e. The Morgan fingerprint density at radius 1 is 1.15 bits per heavy atom. The highest BCUT2D eigenvalue weighted by Crippen LogP contribution is 2.22. The summed E-state index contributed by atoms with van der Waals surface area (Å²) >= 11 is 6.06. The highest BCUT2D eigenvalue weighted by Gasteiger charge is 2.33. The van der Waals surface area contributed by atoms with Crippen molar-refractivity contribution in [2.75, 3.05) is 18.4 Å². The van der Waals surface area contributed by atoms with E-state index in [0.29, 0.717) is 23.7 Å². The molecule has 6 nitrogen and oxygen atoms in total. The number of anilines is 1. The molecule has 0 bridgehead atoms. The van der Waals surface area contributed by atoms with Crippen molar-refractivity contribution in [3.8, 4) is 0 Å². The third kappa shape index (κ3) is 4.61. The number of rotatable bonds is 4. The molecule has 2 aromatic rings. The summed E-state index contributed by atoms with van der Waals surface area (Å²) in [6, 6.07) is 11.4. The van der Waals surface area contributed by atoms with Gasteiger partial charge in [-0.1, -0.05) is 35.4 Å². The van der Waals surface area contributed by atoms with Crippen molar-refractivity contribution in [2.45, 2.75) is 31.2 Å². The van der Waals surface area contributed by atoms with E-state index in [1.165, 1.54) is 4.31 Å². The van der Waals surface area contributed by atoms with E-state index in [4.69, 9.17) is 11.6 Å². The number of aryl methyl sites for hydroxylation is 2. The average molecular weight is 408 g/mol. The molecular formula is C19H22ClN3O3S. The lowest BCUT2D eigenvalue weighted by molar-refractivity contribution is 0.249. The third-order valence-electron chi connectivity index (χ3n) is 4.57. The number of carbonyl (C=O) groups excluding carboxylic acids is 1. The molecule has 0 saturated carbocycles. The second-order valence-electron chi connectivity index (χ2n) is 6.72. The zero-order chi connectivity index (χ0) is 19.6. The standard InChI is InChI=1S/C19H22ClN3O3S/c1-13-3-7-17(8-4-13)27(25,26)23-10-9-16(12-23)22-19(24)21-15-6-5-14(2)18(20)11-15/h3-8,11,16H,9-10,12H2,1-2H3,(H2,21,22,24). The summed E-state index contributed by atoms with van der Waals surface area (Å²) in [4.78, 5) is 12.5. The lowest BCUT2D eigenvalue weighted by Gasteiger charge is -2.17. The lowest BCUT2D eigenvalue weighted by Crippen LogP contribution is -2.40. The average Bonchev–Trinajstić information content (AvgIpc) is 3.08. The summed E-state index contributed by atoms with van der Waals surface area (Å²) in [5.74, 6) is 0. The summed E-state index contributed by atoms with van der Waals surface area (Å²) in [6.07, 6.45) is 0.563. The second kappa shape index (κ2) is 7.88. The topological polar surface area (TPSA) is 78.5 Å². The Balaban J connectivity index is 1.59. The number of benzene rings is 2. The quantitative estimate of drug-likeness (QED) is 0.813. The molecule has 144 valence electrons. The van der Waals surface area contributed by atoms with Gasteiger partial charge in [0, 0.05) is 29.8 Å². The maximum absolute atomic E-state index is 12.7. The largest absolute Gasteiger partial charge is 0.334 e. The highest BCUT2D eigenvalue weighted by atomic mass is 35.5. The Labute approximate surface area is 164 Å². The van der Waals surface area contributed by atoms with Crippen molar-refractivity contribution in [2.24, 2.45) is 0 Å². The van der Waals surface area contributed by atoms with Crippen LogP contribution in [-0.2, 0) is 10.0 Å². The van der Waals surface area contributed by atoms with Crippen LogP contribution in [-0.4, -0.2) is 37.9 Å². The molecule has 2 amide bonds. The summed E-state index contributed by atoms with van der Waals surface area (Å²) in [5, 5.41) is 6.12. The Bertz CT molecular complexity index is 945. The van der Waals surface area contributed by atoms with Crippen molar-refractivity contribution in [1.29, 1.82) is 0 Å². The van der Waals surface area contributed by atoms with Gasteiger partial charge in [-0.05, 0) is 50.1 Å². The molecule has 1 saturated heterocycles. The van der Waals surface area contributed by atoms with Crippen molar-refractivity contribution in [3.63, 3.8) is 0 Å². The molecule has 0 radical (unpaired) electrons. The predicted octanol–water partition coefficient (Wildman–Crippen LogP) is 3.54. The van der Waals surface area contributed by atoms with Gasteiger partial charge in [-0.2, -0.15) is 4.31 Å². The van der Waals surface area contributed by atoms with Crippen LogP contribution in [0.4, 0.5) is 10.5 Å². The zero-order valence-electron chi connectivity index (χ0n) is 15.2. The van der Waals surface area contributed by atoms with E-state index in [0.717, 1.165) is 11.1 Å². The van der Waals surface area contributed by atoms with Crippen molar-refractivity contribution in [3.05, 3.63) is 58.6 Å². The van der Waals surface area contributed by atoms with Gasteiger partial charge >= 0.3 is 6.03 Å². The molecular weight excluding hydrogens is 386 g/mol. The van der Waals surface area contributed by atoms with E-state index in [1.807, 2.05) is 19.9 Å². The fourth-order valence-corrected chi connectivity index (χ4v) is 4.63. The minimum atomic E-state index is -3.55. The molecule has 1 unspecified atom stereocenters. The SMILES string of the molecule is Cc1ccc(S(=O)(=O)N2CCC(NC(=O)Nc3ccc(C)c(Cl)c3)C2)cc1. The van der Waals surface area contributed by atoms with Gasteiger partial charge in [-0.3, -0.25) is 0 Å². The van der Waals surface area contributed by atoms with Gasteiger partial charge < -0.3 is 10.6 Å². The van der Waals surface area contributed by atoms with Gasteiger partial charge in [0.15, 0.2) is 0 Å². The number of halogens is 1. The zero-order valence-corrected chi connectivity index (χ0v) is 16.8. The van der Waals surface area contributed by atoms with Gasteiger partial charge in [-0.25, -0.2) is 13.2 Å². The molecule has 27 heavy (non-hydrogen) atoms. The molecule has 2 aromatic carbocycles. The van der Waals surface area contributed by atoms with Gasteiger partial charge in [0.1, 0.15) is 0 Å². The van der Waals surface area contributed by atoms with E-state index >= 15 is 0 Å². The Morgan fingerprint density at radius 2 is 1.85 bits per heavy atom. The molecule has 1 aliphatic rings. The highest BCUT2D eigenvalue weighted by molar-refractivity contribution is 7.89. The first-order chi connectivity index (χ1) is 12.8. The summed E-state index contributed by atoms with van der Waals surface area (Å²) in [6.45, 7) is 4.41. The van der Waals surface area contributed by atoms with E-state index in [-0.39, 0.29) is 23.5 Å². The number of carbonyl (C=O) groups is 1. The van der Waals surface area contributed by atoms with E-state index in [1.54, 1.807) is 36.4 Å². The number of urea groups is 1. The van der Waals surface area contributed by atoms with Crippen LogP contribution in [0.3, 0.4) is 0 Å². The van der Waals surface area contributed by atoms with Gasteiger partial charge in [0.2, 0.25) is 10.0 Å². The summed E-state index contributed by atoms with van der Waals surface area (Å²) in [5.41, 5.74) is 2.52. The van der Waals surface area contributed by atoms with Crippen LogP contribution in [0.15, 0.2) is 47.4 Å². The molecule has 8 heteroatoms. The van der Waals surface area contributed by atoms with Crippen LogP contribution in [0.5, 0.6) is 0 Å². The summed E-state index contributed by atoms with van der Waals surface area (Å²) < 4.78 is 26.8. The van der Waals surface area contributed by atoms with E-state index in [9.17, 15) is 13.2 Å². The number of nitrogens with zero attached hydrogens (tertiary/aromatic N) is 1. The molecule has 0 spiro atoms. The Morgan fingerprint density at radius 3 is 2.52 bits per heavy atom. The number of amides is 2. The number of hydrogen-bond donors (Lipinski definition) is 2. The van der Waals surface area contributed by atoms with Crippen LogP contribution in [0.1, 0.15) is 17.5 Å². The second-order valence-corrected chi connectivity index (χ2v) is 9.07. The minimum absolute atomic E-state index is 0.244. The van der Waals surface area contributed by atoms with Gasteiger partial charge in [0.25, 0.3) is 0 Å². The first-order valence-corrected chi connectivity index (χ1v) is 10.5. The normalized spacial score (nSPS) is 17.7. The number of nitrogens with one attached hydrogen (secondary N) is 2. The third-order valence-corrected chi connectivity index (χ3v) is 6.86. The molecule has 1 heterocycles. The Kier molecular flexibility index (Phi) is 5.74. The first kappa shape index (κ1) is 19.7. The molecule has 0 aromatic heterocycles. The first-order valence-electron chi connectivity index (χ1n) is 8.66.